The minimum absolute atomic E-state index is 0.231. The van der Waals surface area contributed by atoms with Gasteiger partial charge in [-0.2, -0.15) is 5.10 Å². The monoisotopic (exact) mass is 332 g/mol. The zero-order valence-electron chi connectivity index (χ0n) is 7.66. The highest BCUT2D eigenvalue weighted by Gasteiger charge is 2.18. The second-order valence-electron chi connectivity index (χ2n) is 3.06. The van der Waals surface area contributed by atoms with Gasteiger partial charge in [-0.3, -0.25) is 0 Å². The van der Waals surface area contributed by atoms with Gasteiger partial charge in [0.1, 0.15) is 5.56 Å². The summed E-state index contributed by atoms with van der Waals surface area (Å²) in [6.07, 6.45) is 1.72. The predicted molar refractivity (Wildman–Crippen MR) is 62.3 cm³/mol. The maximum atomic E-state index is 11.0. The summed E-state index contributed by atoms with van der Waals surface area (Å²) in [5.74, 6) is -0.967. The number of carbonyl (C=O) groups is 1. The number of fused-ring (bicyclic) bond motifs is 1. The van der Waals surface area contributed by atoms with Crippen molar-refractivity contribution in [1.82, 2.24) is 9.61 Å². The molecule has 0 amide bonds. The molecule has 0 unspecified atom stereocenters. The number of nitrogens with zero attached hydrogens (tertiary/aromatic N) is 2. The average molecular weight is 334 g/mol. The number of hydrogen-bond donors (Lipinski definition) is 1. The van der Waals surface area contributed by atoms with Crippen LogP contribution in [0.4, 0.5) is 0 Å². The molecule has 2 rings (SSSR count). The van der Waals surface area contributed by atoms with E-state index in [1.165, 1.54) is 0 Å². The summed E-state index contributed by atoms with van der Waals surface area (Å²) in [7, 11) is 0. The predicted octanol–water partition coefficient (Wildman–Crippen LogP) is 2.87. The van der Waals surface area contributed by atoms with Gasteiger partial charge in [-0.1, -0.05) is 0 Å². The van der Waals surface area contributed by atoms with Crippen molar-refractivity contribution in [3.05, 3.63) is 32.5 Å². The van der Waals surface area contributed by atoms with E-state index in [0.717, 1.165) is 4.47 Å². The molecule has 0 saturated heterocycles. The summed E-state index contributed by atoms with van der Waals surface area (Å²) in [5, 5.41) is 13.2. The normalized spacial score (nSPS) is 10.9. The van der Waals surface area contributed by atoms with Crippen molar-refractivity contribution in [3.8, 4) is 0 Å². The van der Waals surface area contributed by atoms with E-state index in [0.29, 0.717) is 15.7 Å². The first-order valence-corrected chi connectivity index (χ1v) is 5.66. The van der Waals surface area contributed by atoms with Crippen LogP contribution >= 0.6 is 31.9 Å². The number of aryl methyl sites for hydroxylation is 1. The fourth-order valence-corrected chi connectivity index (χ4v) is 2.83. The molecule has 2 heterocycles. The Bertz CT molecular complexity index is 563. The van der Waals surface area contributed by atoms with Crippen LogP contribution in [0.15, 0.2) is 21.2 Å². The van der Waals surface area contributed by atoms with Gasteiger partial charge in [-0.15, -0.1) is 0 Å². The van der Waals surface area contributed by atoms with Crippen LogP contribution in [0.2, 0.25) is 0 Å². The van der Waals surface area contributed by atoms with E-state index >= 15 is 0 Å². The van der Waals surface area contributed by atoms with Gasteiger partial charge in [-0.05, 0) is 44.8 Å². The minimum atomic E-state index is -0.967. The van der Waals surface area contributed by atoms with Crippen molar-refractivity contribution < 1.29 is 9.90 Å². The van der Waals surface area contributed by atoms with Crippen molar-refractivity contribution in [1.29, 1.82) is 0 Å². The molecule has 0 bridgehead atoms. The van der Waals surface area contributed by atoms with Crippen LogP contribution in [0.5, 0.6) is 0 Å². The highest BCUT2D eigenvalue weighted by atomic mass is 79.9. The van der Waals surface area contributed by atoms with Crippen LogP contribution in [0.1, 0.15) is 16.1 Å². The van der Waals surface area contributed by atoms with Gasteiger partial charge in [0.05, 0.1) is 11.2 Å². The Balaban J connectivity index is 2.93. The lowest BCUT2D eigenvalue weighted by atomic mass is 10.2. The van der Waals surface area contributed by atoms with Crippen LogP contribution in [0.25, 0.3) is 5.52 Å². The third-order valence-electron chi connectivity index (χ3n) is 2.04. The van der Waals surface area contributed by atoms with E-state index in [9.17, 15) is 4.79 Å². The molecule has 0 atom stereocenters. The summed E-state index contributed by atoms with van der Waals surface area (Å²) in [4.78, 5) is 11.0. The maximum Gasteiger partial charge on any atom is 0.339 e. The molecule has 4 nitrogen and oxygen atoms in total. The van der Waals surface area contributed by atoms with Gasteiger partial charge in [0, 0.05) is 15.1 Å². The summed E-state index contributed by atoms with van der Waals surface area (Å²) >= 11 is 6.64. The standard InChI is InChI=1S/C9H6Br2N2O2/c1-4-7(9(14)15)8-6(11)2-5(10)3-13(8)12-4/h2-3H,1H3,(H,14,15). The van der Waals surface area contributed by atoms with Crippen molar-refractivity contribution in [2.45, 2.75) is 6.92 Å². The second-order valence-corrected chi connectivity index (χ2v) is 4.84. The first-order chi connectivity index (χ1) is 7.00. The van der Waals surface area contributed by atoms with E-state index in [1.807, 2.05) is 0 Å². The van der Waals surface area contributed by atoms with Crippen molar-refractivity contribution in [2.24, 2.45) is 0 Å². The summed E-state index contributed by atoms with van der Waals surface area (Å²) in [6.45, 7) is 1.68. The van der Waals surface area contributed by atoms with Gasteiger partial charge < -0.3 is 5.11 Å². The van der Waals surface area contributed by atoms with Crippen LogP contribution in [0, 0.1) is 6.92 Å². The first kappa shape index (κ1) is 10.6. The fourth-order valence-electron chi connectivity index (χ4n) is 1.47. The Morgan fingerprint density at radius 1 is 1.53 bits per heavy atom. The molecular formula is C9H6Br2N2O2. The average Bonchev–Trinajstić information content (AvgIpc) is 2.40. The largest absolute Gasteiger partial charge is 0.478 e. The van der Waals surface area contributed by atoms with E-state index in [-0.39, 0.29) is 5.56 Å². The third kappa shape index (κ3) is 1.68. The molecule has 0 fully saturated rings. The summed E-state index contributed by atoms with van der Waals surface area (Å²) in [6, 6.07) is 1.79. The van der Waals surface area contributed by atoms with Crippen LogP contribution in [-0.2, 0) is 0 Å². The molecule has 6 heteroatoms. The molecule has 0 aromatic carbocycles. The Morgan fingerprint density at radius 2 is 2.20 bits per heavy atom. The number of carboxylic acid groups (broad SMARTS) is 1. The number of carboxylic acids is 1. The van der Waals surface area contributed by atoms with E-state index in [2.05, 4.69) is 37.0 Å². The van der Waals surface area contributed by atoms with E-state index in [1.54, 1.807) is 23.7 Å². The van der Waals surface area contributed by atoms with E-state index in [4.69, 9.17) is 5.11 Å². The van der Waals surface area contributed by atoms with Crippen LogP contribution in [-0.4, -0.2) is 20.7 Å². The number of hydrogen-bond acceptors (Lipinski definition) is 2. The van der Waals surface area contributed by atoms with Gasteiger partial charge in [-0.25, -0.2) is 9.31 Å². The third-order valence-corrected chi connectivity index (χ3v) is 3.07. The Labute approximate surface area is 102 Å². The van der Waals surface area contributed by atoms with Crippen molar-refractivity contribution in [2.75, 3.05) is 0 Å². The van der Waals surface area contributed by atoms with Gasteiger partial charge in [0.15, 0.2) is 0 Å². The molecule has 2 aromatic heterocycles. The van der Waals surface area contributed by atoms with Crippen molar-refractivity contribution in [3.63, 3.8) is 0 Å². The zero-order valence-corrected chi connectivity index (χ0v) is 10.8. The molecular weight excluding hydrogens is 328 g/mol. The molecule has 2 aromatic rings. The number of aromatic nitrogens is 2. The zero-order chi connectivity index (χ0) is 11.2. The molecule has 0 aliphatic carbocycles. The van der Waals surface area contributed by atoms with Crippen LogP contribution in [0.3, 0.4) is 0 Å². The number of rotatable bonds is 1. The fraction of sp³-hybridized carbons (Fsp3) is 0.111. The SMILES string of the molecule is Cc1nn2cc(Br)cc(Br)c2c1C(=O)O. The molecule has 15 heavy (non-hydrogen) atoms. The lowest BCUT2D eigenvalue weighted by molar-refractivity contribution is 0.0698. The lowest BCUT2D eigenvalue weighted by Gasteiger charge is -1.99. The Morgan fingerprint density at radius 3 is 2.80 bits per heavy atom. The highest BCUT2D eigenvalue weighted by Crippen LogP contribution is 2.27. The molecule has 78 valence electrons. The Hall–Kier alpha value is -0.880. The topological polar surface area (TPSA) is 54.6 Å². The number of halogens is 2. The minimum Gasteiger partial charge on any atom is -0.478 e. The molecule has 0 aliphatic heterocycles. The van der Waals surface area contributed by atoms with Crippen LogP contribution < -0.4 is 0 Å². The molecule has 1 N–H and O–H groups in total. The number of aromatic carboxylic acids is 1. The molecule has 0 aliphatic rings. The summed E-state index contributed by atoms with van der Waals surface area (Å²) in [5.41, 5.74) is 1.30. The van der Waals surface area contributed by atoms with Gasteiger partial charge >= 0.3 is 5.97 Å². The molecule has 0 radical (unpaired) electrons. The quantitative estimate of drug-likeness (QED) is 0.873. The van der Waals surface area contributed by atoms with Gasteiger partial charge in [0.2, 0.25) is 0 Å². The number of pyridine rings is 1. The molecule has 0 saturated carbocycles. The Kier molecular flexibility index (Phi) is 2.56. The van der Waals surface area contributed by atoms with Crippen molar-refractivity contribution >= 4 is 43.3 Å². The highest BCUT2D eigenvalue weighted by molar-refractivity contribution is 9.11. The summed E-state index contributed by atoms with van der Waals surface area (Å²) < 4.78 is 3.09. The van der Waals surface area contributed by atoms with Gasteiger partial charge in [0.25, 0.3) is 0 Å². The lowest BCUT2D eigenvalue weighted by Crippen LogP contribution is -1.98. The van der Waals surface area contributed by atoms with E-state index < -0.39 is 5.97 Å². The first-order valence-electron chi connectivity index (χ1n) is 4.08. The molecule has 0 spiro atoms. The second kappa shape index (κ2) is 3.61. The maximum absolute atomic E-state index is 11.0. The smallest absolute Gasteiger partial charge is 0.339 e.